The second kappa shape index (κ2) is 6.90. The number of nitrogens with zero attached hydrogens (tertiary/aromatic N) is 5. The topological polar surface area (TPSA) is 56.5 Å². The van der Waals surface area contributed by atoms with Gasteiger partial charge in [-0.15, -0.1) is 0 Å². The Balaban J connectivity index is 1.59. The van der Waals surface area contributed by atoms with Gasteiger partial charge in [0.2, 0.25) is 0 Å². The first-order valence-electron chi connectivity index (χ1n) is 9.34. The Morgan fingerprint density at radius 2 is 1.92 bits per heavy atom. The van der Waals surface area contributed by atoms with Gasteiger partial charge in [-0.25, -0.2) is 15.0 Å². The summed E-state index contributed by atoms with van der Waals surface area (Å²) in [5.74, 6) is 1.55. The molecule has 1 fully saturated rings. The highest BCUT2D eigenvalue weighted by Gasteiger charge is 2.18. The lowest BCUT2D eigenvalue weighted by molar-refractivity contribution is 0.427. The molecule has 1 saturated carbocycles. The van der Waals surface area contributed by atoms with Gasteiger partial charge in [0.1, 0.15) is 11.3 Å². The molecular formula is C20H25N5. The highest BCUT2D eigenvalue weighted by atomic mass is 15.1. The zero-order valence-corrected chi connectivity index (χ0v) is 15.0. The molecule has 0 bridgehead atoms. The van der Waals surface area contributed by atoms with Gasteiger partial charge in [-0.2, -0.15) is 0 Å². The van der Waals surface area contributed by atoms with Crippen molar-refractivity contribution in [2.24, 2.45) is 0 Å². The lowest BCUT2D eigenvalue weighted by Crippen LogP contribution is -2.10. The molecule has 1 aliphatic carbocycles. The molecule has 5 nitrogen and oxygen atoms in total. The van der Waals surface area contributed by atoms with Crippen molar-refractivity contribution >= 4 is 11.0 Å². The van der Waals surface area contributed by atoms with Crippen molar-refractivity contribution in [3.63, 3.8) is 0 Å². The number of rotatable bonds is 4. The van der Waals surface area contributed by atoms with Crippen LogP contribution in [-0.4, -0.2) is 24.5 Å². The molecule has 0 radical (unpaired) electrons. The lowest BCUT2D eigenvalue weighted by atomic mass is 9.88. The molecule has 0 saturated heterocycles. The average molecular weight is 335 g/mol. The van der Waals surface area contributed by atoms with Crippen molar-refractivity contribution in [2.75, 3.05) is 0 Å². The fourth-order valence-electron chi connectivity index (χ4n) is 3.73. The number of fused-ring (bicyclic) bond motifs is 1. The van der Waals surface area contributed by atoms with Crippen LogP contribution in [-0.2, 0) is 6.42 Å². The maximum absolute atomic E-state index is 4.84. The van der Waals surface area contributed by atoms with E-state index in [4.69, 9.17) is 4.98 Å². The average Bonchev–Trinajstić information content (AvgIpc) is 3.06. The molecule has 0 N–H and O–H groups in total. The third-order valence-electron chi connectivity index (χ3n) is 5.14. The van der Waals surface area contributed by atoms with Crippen LogP contribution in [0, 0.1) is 0 Å². The largest absolute Gasteiger partial charge is 0.328 e. The zero-order chi connectivity index (χ0) is 17.2. The van der Waals surface area contributed by atoms with Gasteiger partial charge in [0, 0.05) is 30.3 Å². The second-order valence-corrected chi connectivity index (χ2v) is 7.33. The molecule has 0 unspecified atom stereocenters. The van der Waals surface area contributed by atoms with Crippen LogP contribution >= 0.6 is 0 Å². The summed E-state index contributed by atoms with van der Waals surface area (Å²) < 4.78 is 2.19. The van der Waals surface area contributed by atoms with Crippen molar-refractivity contribution in [2.45, 2.75) is 64.3 Å². The standard InChI is InChI=1S/C20H25N5/c1-14(2)25-13-23-18-12-22-17(11-19(18)25)10-16-8-9-21-20(24-16)15-6-4-3-5-7-15/h8-9,11-15H,3-7,10H2,1-2H3. The highest BCUT2D eigenvalue weighted by molar-refractivity contribution is 5.74. The maximum Gasteiger partial charge on any atom is 0.131 e. The molecule has 0 atom stereocenters. The van der Waals surface area contributed by atoms with E-state index in [2.05, 4.69) is 39.4 Å². The van der Waals surface area contributed by atoms with Crippen LogP contribution in [0.2, 0.25) is 0 Å². The van der Waals surface area contributed by atoms with Crippen molar-refractivity contribution < 1.29 is 0 Å². The Hall–Kier alpha value is -2.30. The Morgan fingerprint density at radius 3 is 2.72 bits per heavy atom. The third kappa shape index (κ3) is 3.41. The van der Waals surface area contributed by atoms with Gasteiger partial charge in [0.25, 0.3) is 0 Å². The molecule has 1 aliphatic rings. The van der Waals surface area contributed by atoms with Crippen molar-refractivity contribution in [3.05, 3.63) is 48.1 Å². The van der Waals surface area contributed by atoms with Gasteiger partial charge >= 0.3 is 0 Å². The molecule has 0 spiro atoms. The molecule has 3 aromatic heterocycles. The van der Waals surface area contributed by atoms with E-state index in [1.165, 1.54) is 32.1 Å². The van der Waals surface area contributed by atoms with Crippen LogP contribution in [0.4, 0.5) is 0 Å². The molecule has 0 aliphatic heterocycles. The Kier molecular flexibility index (Phi) is 4.47. The summed E-state index contributed by atoms with van der Waals surface area (Å²) in [6.45, 7) is 4.34. The van der Waals surface area contributed by atoms with Gasteiger partial charge in [-0.3, -0.25) is 4.98 Å². The van der Waals surface area contributed by atoms with Crippen LogP contribution in [0.1, 0.15) is 75.1 Å². The lowest BCUT2D eigenvalue weighted by Gasteiger charge is -2.20. The molecule has 3 heterocycles. The smallest absolute Gasteiger partial charge is 0.131 e. The van der Waals surface area contributed by atoms with E-state index in [0.29, 0.717) is 12.0 Å². The van der Waals surface area contributed by atoms with Gasteiger partial charge in [-0.1, -0.05) is 19.3 Å². The predicted molar refractivity (Wildman–Crippen MR) is 98.6 cm³/mol. The fraction of sp³-hybridized carbons (Fsp3) is 0.500. The summed E-state index contributed by atoms with van der Waals surface area (Å²) in [7, 11) is 0. The summed E-state index contributed by atoms with van der Waals surface area (Å²) >= 11 is 0. The van der Waals surface area contributed by atoms with Crippen LogP contribution < -0.4 is 0 Å². The van der Waals surface area contributed by atoms with E-state index in [1.54, 1.807) is 0 Å². The Bertz CT molecular complexity index is 861. The summed E-state index contributed by atoms with van der Waals surface area (Å²) in [6, 6.07) is 4.54. The minimum Gasteiger partial charge on any atom is -0.328 e. The minimum atomic E-state index is 0.386. The van der Waals surface area contributed by atoms with E-state index >= 15 is 0 Å². The van der Waals surface area contributed by atoms with E-state index in [-0.39, 0.29) is 0 Å². The predicted octanol–water partition coefficient (Wildman–Crippen LogP) is 4.44. The Labute approximate surface area is 148 Å². The maximum atomic E-state index is 4.84. The number of aromatic nitrogens is 5. The summed E-state index contributed by atoms with van der Waals surface area (Å²) in [6.07, 6.45) is 12.8. The van der Waals surface area contributed by atoms with Gasteiger partial charge in [0.15, 0.2) is 0 Å². The molecule has 0 aromatic carbocycles. The molecule has 0 amide bonds. The first-order valence-corrected chi connectivity index (χ1v) is 9.34. The first-order chi connectivity index (χ1) is 12.2. The van der Waals surface area contributed by atoms with E-state index < -0.39 is 0 Å². The fourth-order valence-corrected chi connectivity index (χ4v) is 3.73. The minimum absolute atomic E-state index is 0.386. The third-order valence-corrected chi connectivity index (χ3v) is 5.14. The van der Waals surface area contributed by atoms with Gasteiger partial charge in [0.05, 0.1) is 23.7 Å². The van der Waals surface area contributed by atoms with E-state index in [1.807, 2.05) is 24.8 Å². The molecule has 25 heavy (non-hydrogen) atoms. The quantitative estimate of drug-likeness (QED) is 0.707. The van der Waals surface area contributed by atoms with Crippen LogP contribution in [0.15, 0.2) is 30.9 Å². The van der Waals surface area contributed by atoms with Gasteiger partial charge < -0.3 is 4.57 Å². The first kappa shape index (κ1) is 16.2. The van der Waals surface area contributed by atoms with Crippen molar-refractivity contribution in [1.82, 2.24) is 24.5 Å². The van der Waals surface area contributed by atoms with Crippen LogP contribution in [0.3, 0.4) is 0 Å². The summed E-state index contributed by atoms with van der Waals surface area (Å²) in [5, 5.41) is 0. The summed E-state index contributed by atoms with van der Waals surface area (Å²) in [4.78, 5) is 18.4. The van der Waals surface area contributed by atoms with Crippen molar-refractivity contribution in [3.8, 4) is 0 Å². The molecule has 5 heteroatoms. The number of hydrogen-bond acceptors (Lipinski definition) is 4. The monoisotopic (exact) mass is 335 g/mol. The molecule has 3 aromatic rings. The molecular weight excluding hydrogens is 310 g/mol. The SMILES string of the molecule is CC(C)n1cnc2cnc(Cc3ccnc(C4CCCCC4)n3)cc21. The number of pyridine rings is 1. The van der Waals surface area contributed by atoms with Crippen LogP contribution in [0.5, 0.6) is 0 Å². The van der Waals surface area contributed by atoms with E-state index in [9.17, 15) is 0 Å². The summed E-state index contributed by atoms with van der Waals surface area (Å²) in [5.41, 5.74) is 4.17. The second-order valence-electron chi connectivity index (χ2n) is 7.33. The van der Waals surface area contributed by atoms with Crippen LogP contribution in [0.25, 0.3) is 11.0 Å². The molecule has 130 valence electrons. The number of imidazole rings is 1. The Morgan fingerprint density at radius 1 is 1.08 bits per heavy atom. The zero-order valence-electron chi connectivity index (χ0n) is 15.0. The van der Waals surface area contributed by atoms with E-state index in [0.717, 1.165) is 34.7 Å². The molecule has 4 rings (SSSR count). The highest BCUT2D eigenvalue weighted by Crippen LogP contribution is 2.30. The number of hydrogen-bond donors (Lipinski definition) is 0. The van der Waals surface area contributed by atoms with Gasteiger partial charge in [-0.05, 0) is 38.8 Å². The normalized spacial score (nSPS) is 16.0. The van der Waals surface area contributed by atoms with Crippen molar-refractivity contribution in [1.29, 1.82) is 0 Å².